The normalized spacial score (nSPS) is 23.5. The zero-order chi connectivity index (χ0) is 13.0. The maximum absolute atomic E-state index is 12.8. The molecule has 0 unspecified atom stereocenters. The van der Waals surface area contributed by atoms with Crippen LogP contribution in [-0.4, -0.2) is 17.2 Å². The minimum absolute atomic E-state index is 0.0180. The van der Waals surface area contributed by atoms with Crippen molar-refractivity contribution < 1.29 is 23.1 Å². The lowest BCUT2D eigenvalue weighted by Gasteiger charge is -2.23. The zero-order valence-electron chi connectivity index (χ0n) is 8.52. The van der Waals surface area contributed by atoms with Crippen LogP contribution >= 0.6 is 15.9 Å². The number of rotatable bonds is 0. The van der Waals surface area contributed by atoms with Crippen LogP contribution in [0.1, 0.15) is 11.1 Å². The van der Waals surface area contributed by atoms with Gasteiger partial charge in [-0.2, -0.15) is 13.2 Å². The molecular formula is C10H7BrF3NO2. The summed E-state index contributed by atoms with van der Waals surface area (Å²) >= 11 is 3.07. The van der Waals surface area contributed by atoms with Gasteiger partial charge in [0.25, 0.3) is 11.5 Å². The van der Waals surface area contributed by atoms with Crippen LogP contribution < -0.4 is 5.32 Å². The van der Waals surface area contributed by atoms with Crippen molar-refractivity contribution in [2.45, 2.75) is 18.7 Å². The fraction of sp³-hybridized carbons (Fsp3) is 0.300. The smallest absolute Gasteiger partial charge is 0.368 e. The van der Waals surface area contributed by atoms with E-state index in [1.54, 1.807) is 6.92 Å². The molecule has 0 aromatic heterocycles. The third-order valence-corrected chi connectivity index (χ3v) is 3.53. The Labute approximate surface area is 103 Å². The summed E-state index contributed by atoms with van der Waals surface area (Å²) in [6, 6.07) is 2.48. The number of aryl methyl sites for hydroxylation is 1. The minimum atomic E-state index is -5.06. The summed E-state index contributed by atoms with van der Waals surface area (Å²) in [4.78, 5) is 11.3. The number of amides is 1. The second-order valence-electron chi connectivity index (χ2n) is 3.81. The molecule has 0 saturated heterocycles. The average Bonchev–Trinajstić information content (AvgIpc) is 2.42. The molecule has 0 radical (unpaired) electrons. The highest BCUT2D eigenvalue weighted by molar-refractivity contribution is 9.10. The number of nitrogens with one attached hydrogen (secondary N) is 1. The van der Waals surface area contributed by atoms with E-state index in [-0.39, 0.29) is 5.69 Å². The molecule has 0 spiro atoms. The molecular weight excluding hydrogens is 303 g/mol. The molecule has 1 heterocycles. The third kappa shape index (κ3) is 1.56. The summed E-state index contributed by atoms with van der Waals surface area (Å²) in [6.07, 6.45) is -5.06. The number of anilines is 1. The van der Waals surface area contributed by atoms with Gasteiger partial charge in [-0.3, -0.25) is 4.79 Å². The van der Waals surface area contributed by atoms with E-state index in [9.17, 15) is 23.1 Å². The van der Waals surface area contributed by atoms with Crippen LogP contribution in [0.25, 0.3) is 0 Å². The summed E-state index contributed by atoms with van der Waals surface area (Å²) in [5.41, 5.74) is -3.31. The van der Waals surface area contributed by atoms with Crippen molar-refractivity contribution in [3.8, 4) is 0 Å². The highest BCUT2D eigenvalue weighted by Gasteiger charge is 2.64. The fourth-order valence-corrected chi connectivity index (χ4v) is 2.04. The van der Waals surface area contributed by atoms with Gasteiger partial charge in [-0.05, 0) is 24.6 Å². The van der Waals surface area contributed by atoms with Crippen molar-refractivity contribution >= 4 is 27.5 Å². The first-order chi connectivity index (χ1) is 7.68. The van der Waals surface area contributed by atoms with Crippen molar-refractivity contribution in [2.24, 2.45) is 0 Å². The van der Waals surface area contributed by atoms with E-state index < -0.39 is 23.2 Å². The number of carbonyl (C=O) groups excluding carboxylic acids is 1. The van der Waals surface area contributed by atoms with Crippen LogP contribution in [0.5, 0.6) is 0 Å². The van der Waals surface area contributed by atoms with E-state index in [1.165, 1.54) is 6.07 Å². The minimum Gasteiger partial charge on any atom is -0.368 e. The maximum atomic E-state index is 12.8. The van der Waals surface area contributed by atoms with E-state index in [0.717, 1.165) is 6.07 Å². The van der Waals surface area contributed by atoms with Gasteiger partial charge >= 0.3 is 6.18 Å². The maximum Gasteiger partial charge on any atom is 0.430 e. The van der Waals surface area contributed by atoms with Gasteiger partial charge in [0.05, 0.1) is 0 Å². The molecule has 3 nitrogen and oxygen atoms in total. The molecule has 1 atom stereocenters. The van der Waals surface area contributed by atoms with Gasteiger partial charge in [0.15, 0.2) is 0 Å². The SMILES string of the molecule is Cc1cc2c(cc1Br)[C@@](O)(C(F)(F)F)C(=O)N2. The lowest BCUT2D eigenvalue weighted by atomic mass is 9.94. The van der Waals surface area contributed by atoms with Crippen LogP contribution in [0.2, 0.25) is 0 Å². The van der Waals surface area contributed by atoms with Gasteiger partial charge in [-0.1, -0.05) is 15.9 Å². The molecule has 0 saturated carbocycles. The highest BCUT2D eigenvalue weighted by atomic mass is 79.9. The van der Waals surface area contributed by atoms with Gasteiger partial charge < -0.3 is 10.4 Å². The second kappa shape index (κ2) is 3.46. The molecule has 1 aromatic carbocycles. The van der Waals surface area contributed by atoms with Crippen molar-refractivity contribution in [3.05, 3.63) is 27.7 Å². The lowest BCUT2D eigenvalue weighted by Crippen LogP contribution is -2.47. The molecule has 0 aliphatic carbocycles. The Morgan fingerprint density at radius 2 is 2.00 bits per heavy atom. The summed E-state index contributed by atoms with van der Waals surface area (Å²) < 4.78 is 38.7. The number of aliphatic hydroxyl groups is 1. The monoisotopic (exact) mass is 309 g/mol. The third-order valence-electron chi connectivity index (χ3n) is 2.68. The van der Waals surface area contributed by atoms with Crippen molar-refractivity contribution in [1.82, 2.24) is 0 Å². The Morgan fingerprint density at radius 1 is 1.41 bits per heavy atom. The number of hydrogen-bond acceptors (Lipinski definition) is 2. The van der Waals surface area contributed by atoms with E-state index in [2.05, 4.69) is 15.9 Å². The Kier molecular flexibility index (Phi) is 2.52. The van der Waals surface area contributed by atoms with Crippen LogP contribution in [-0.2, 0) is 10.4 Å². The van der Waals surface area contributed by atoms with Crippen LogP contribution in [0.15, 0.2) is 16.6 Å². The van der Waals surface area contributed by atoms with E-state index in [0.29, 0.717) is 10.0 Å². The number of alkyl halides is 3. The van der Waals surface area contributed by atoms with Gasteiger partial charge in [0.2, 0.25) is 0 Å². The van der Waals surface area contributed by atoms with Crippen molar-refractivity contribution in [3.63, 3.8) is 0 Å². The summed E-state index contributed by atoms with van der Waals surface area (Å²) in [6.45, 7) is 1.67. The average molecular weight is 310 g/mol. The molecule has 7 heteroatoms. The highest BCUT2D eigenvalue weighted by Crippen LogP contribution is 2.47. The van der Waals surface area contributed by atoms with Crippen molar-refractivity contribution in [2.75, 3.05) is 5.32 Å². The molecule has 2 rings (SSSR count). The zero-order valence-corrected chi connectivity index (χ0v) is 10.1. The predicted octanol–water partition coefficient (Wildman–Crippen LogP) is 2.46. The molecule has 92 valence electrons. The largest absolute Gasteiger partial charge is 0.430 e. The van der Waals surface area contributed by atoms with Gasteiger partial charge in [-0.25, -0.2) is 0 Å². The summed E-state index contributed by atoms with van der Waals surface area (Å²) in [7, 11) is 0. The Morgan fingerprint density at radius 3 is 2.53 bits per heavy atom. The van der Waals surface area contributed by atoms with Crippen molar-refractivity contribution in [1.29, 1.82) is 0 Å². The molecule has 17 heavy (non-hydrogen) atoms. The van der Waals surface area contributed by atoms with E-state index in [1.807, 2.05) is 5.32 Å². The van der Waals surface area contributed by atoms with Crippen LogP contribution in [0, 0.1) is 6.92 Å². The van der Waals surface area contributed by atoms with Gasteiger partial charge in [0, 0.05) is 15.7 Å². The first-order valence-corrected chi connectivity index (χ1v) is 5.38. The lowest BCUT2D eigenvalue weighted by molar-refractivity contribution is -0.252. The molecule has 1 aliphatic rings. The number of fused-ring (bicyclic) bond motifs is 1. The molecule has 0 bridgehead atoms. The number of halogens is 4. The standard InChI is InChI=1S/C10H7BrF3NO2/c1-4-2-7-5(3-6(4)11)9(17,8(16)15-7)10(12,13)14/h2-3,17H,1H3,(H,15,16)/t9-/m0/s1. The second-order valence-corrected chi connectivity index (χ2v) is 4.66. The number of hydrogen-bond donors (Lipinski definition) is 2. The number of carbonyl (C=O) groups is 1. The predicted molar refractivity (Wildman–Crippen MR) is 57.5 cm³/mol. The summed E-state index contributed by atoms with van der Waals surface area (Å²) in [5, 5.41) is 11.6. The van der Waals surface area contributed by atoms with Gasteiger partial charge in [-0.15, -0.1) is 0 Å². The summed E-state index contributed by atoms with van der Waals surface area (Å²) in [5.74, 6) is -1.47. The Hall–Kier alpha value is -1.08. The fourth-order valence-electron chi connectivity index (χ4n) is 1.70. The Bertz CT molecular complexity index is 515. The molecule has 0 fully saturated rings. The Balaban J connectivity index is 2.70. The molecule has 1 aromatic rings. The van der Waals surface area contributed by atoms with E-state index in [4.69, 9.17) is 0 Å². The number of benzene rings is 1. The molecule has 1 aliphatic heterocycles. The van der Waals surface area contributed by atoms with Crippen LogP contribution in [0.3, 0.4) is 0 Å². The quantitative estimate of drug-likeness (QED) is 0.773. The molecule has 2 N–H and O–H groups in total. The van der Waals surface area contributed by atoms with Gasteiger partial charge in [0.1, 0.15) is 0 Å². The topological polar surface area (TPSA) is 49.3 Å². The first kappa shape index (κ1) is 12.4. The first-order valence-electron chi connectivity index (χ1n) is 4.59. The van der Waals surface area contributed by atoms with Crippen LogP contribution in [0.4, 0.5) is 18.9 Å². The van der Waals surface area contributed by atoms with E-state index >= 15 is 0 Å². The molecule has 1 amide bonds.